The summed E-state index contributed by atoms with van der Waals surface area (Å²) < 4.78 is 6.21. The fourth-order valence-electron chi connectivity index (χ4n) is 4.93. The first-order valence-electron chi connectivity index (χ1n) is 10.1. The summed E-state index contributed by atoms with van der Waals surface area (Å²) in [6.45, 7) is 11.2. The van der Waals surface area contributed by atoms with Crippen LogP contribution in [-0.2, 0) is 15.8 Å². The number of anilines is 1. The zero-order valence-electron chi connectivity index (χ0n) is 17.8. The molecule has 0 bridgehead atoms. The summed E-state index contributed by atoms with van der Waals surface area (Å²) in [6, 6.07) is 15.4. The van der Waals surface area contributed by atoms with Gasteiger partial charge in [-0.25, -0.2) is 0 Å². The Labute approximate surface area is 192 Å². The predicted octanol–water partition coefficient (Wildman–Crippen LogP) is 7.11. The second-order valence-corrected chi connectivity index (χ2v) is 50.2. The van der Waals surface area contributed by atoms with E-state index < -0.39 is 21.8 Å². The molecule has 0 radical (unpaired) electrons. The summed E-state index contributed by atoms with van der Waals surface area (Å²) in [6.07, 6.45) is 0. The van der Waals surface area contributed by atoms with Crippen molar-refractivity contribution in [3.05, 3.63) is 63.6 Å². The van der Waals surface area contributed by atoms with Crippen molar-refractivity contribution in [3.63, 3.8) is 0 Å². The standard InChI is InChI=1S/C16H11BrN.C4H10N.C2H7Si.2ClH.Zr/c1-18-15-7-6-11(17)9-13(15)14-8-10-4-2-3-5-12(10)16(14)18;1-4(2,3)5;1-3-2;;;/h2-7,9,16H,1H3;5H,1-3H3;3H,1-2H3;2*1H;/q;-1;;;;+3/p-2. The summed E-state index contributed by atoms with van der Waals surface area (Å²) in [4.78, 5) is 2.38. The molecule has 1 unspecified atom stereocenters. The molecule has 2 aromatic rings. The van der Waals surface area contributed by atoms with Gasteiger partial charge in [0.1, 0.15) is 0 Å². The Kier molecular flexibility index (Phi) is 5.42. The van der Waals surface area contributed by atoms with Crippen molar-refractivity contribution in [2.75, 3.05) is 11.9 Å². The number of fused-ring (bicyclic) bond motifs is 5. The molecule has 7 heteroatoms. The van der Waals surface area contributed by atoms with Crippen molar-refractivity contribution in [1.82, 2.24) is 3.26 Å². The van der Waals surface area contributed by atoms with E-state index in [-0.39, 0.29) is 11.6 Å². The van der Waals surface area contributed by atoms with Crippen LogP contribution in [0.3, 0.4) is 0 Å². The van der Waals surface area contributed by atoms with Crippen molar-refractivity contribution in [2.24, 2.45) is 0 Å². The first-order chi connectivity index (χ1) is 13.3. The van der Waals surface area contributed by atoms with E-state index in [0.29, 0.717) is 0 Å². The molecule has 4 rings (SSSR count). The summed E-state index contributed by atoms with van der Waals surface area (Å²) in [5.74, 6) is -1.48. The quantitative estimate of drug-likeness (QED) is 0.384. The third-order valence-corrected chi connectivity index (χ3v) is 51.6. The van der Waals surface area contributed by atoms with Crippen LogP contribution in [0.1, 0.15) is 43.5 Å². The van der Waals surface area contributed by atoms with Crippen LogP contribution in [0.15, 0.2) is 46.9 Å². The number of nitrogens with zero attached hydrogens (tertiary/aromatic N) is 1. The van der Waals surface area contributed by atoms with Gasteiger partial charge in [0, 0.05) is 0 Å². The number of nitrogens with one attached hydrogen (secondary N) is 1. The van der Waals surface area contributed by atoms with E-state index in [2.05, 4.69) is 107 Å². The van der Waals surface area contributed by atoms with Gasteiger partial charge in [0.05, 0.1) is 0 Å². The molecule has 0 saturated carbocycles. The molecule has 0 saturated heterocycles. The molecule has 29 heavy (non-hydrogen) atoms. The Hall–Kier alpha value is 0.1000. The molecule has 1 N–H and O–H groups in total. The van der Waals surface area contributed by atoms with Crippen LogP contribution in [-0.4, -0.2) is 18.5 Å². The van der Waals surface area contributed by atoms with E-state index in [1.807, 2.05) is 0 Å². The maximum atomic E-state index is 7.81. The fraction of sp³-hybridized carbons (Fsp3) is 0.364. The van der Waals surface area contributed by atoms with Gasteiger partial charge in [-0.15, -0.1) is 0 Å². The van der Waals surface area contributed by atoms with Crippen LogP contribution < -0.4 is 8.16 Å². The van der Waals surface area contributed by atoms with E-state index in [4.69, 9.17) is 17.0 Å². The molecule has 1 heterocycles. The summed E-state index contributed by atoms with van der Waals surface area (Å²) in [5.41, 5.74) is 6.23. The zero-order chi connectivity index (χ0) is 21.4. The van der Waals surface area contributed by atoms with Crippen LogP contribution in [0.5, 0.6) is 0 Å². The Morgan fingerprint density at radius 3 is 2.34 bits per heavy atom. The molecule has 0 fully saturated rings. The monoisotopic (exact) mass is 587 g/mol. The van der Waals surface area contributed by atoms with Crippen molar-refractivity contribution in [1.29, 1.82) is 0 Å². The SMILES string of the molecule is CN1c2ccc(Br)cc2C2=[C]([Zr]([Cl])([Cl])([NH]C(C)(C)C)[SiH](C)C)c3ccccc3C21. The van der Waals surface area contributed by atoms with Crippen LogP contribution in [0, 0.1) is 0 Å². The molecule has 0 aromatic heterocycles. The first-order valence-corrected chi connectivity index (χ1v) is 26.8. The van der Waals surface area contributed by atoms with Crippen LogP contribution in [0.25, 0.3) is 8.85 Å². The second-order valence-electron chi connectivity index (χ2n) is 9.66. The van der Waals surface area contributed by atoms with Crippen LogP contribution in [0.4, 0.5) is 5.69 Å². The minimum absolute atomic E-state index is 0.156. The first kappa shape index (κ1) is 22.3. The van der Waals surface area contributed by atoms with Gasteiger partial charge in [0.2, 0.25) is 0 Å². The topological polar surface area (TPSA) is 15.3 Å². The van der Waals surface area contributed by atoms with E-state index in [1.54, 1.807) is 0 Å². The Morgan fingerprint density at radius 1 is 1.07 bits per heavy atom. The van der Waals surface area contributed by atoms with Crippen molar-refractivity contribution >= 4 is 53.4 Å². The normalized spacial score (nSPS) is 19.9. The van der Waals surface area contributed by atoms with Gasteiger partial charge in [-0.3, -0.25) is 0 Å². The summed E-state index contributed by atoms with van der Waals surface area (Å²) in [7, 11) is 17.8. The van der Waals surface area contributed by atoms with Gasteiger partial charge in [-0.2, -0.15) is 0 Å². The molecule has 2 nitrogen and oxygen atoms in total. The summed E-state index contributed by atoms with van der Waals surface area (Å²) >= 11 is -0.873. The average molecular weight is 591 g/mol. The van der Waals surface area contributed by atoms with Gasteiger partial charge in [-0.05, 0) is 0 Å². The van der Waals surface area contributed by atoms with Crippen molar-refractivity contribution in [2.45, 2.75) is 45.4 Å². The molecule has 1 aliphatic heterocycles. The van der Waals surface area contributed by atoms with Gasteiger partial charge < -0.3 is 0 Å². The molecule has 0 spiro atoms. The maximum absolute atomic E-state index is 7.81. The third-order valence-electron chi connectivity index (χ3n) is 6.16. The second kappa shape index (κ2) is 7.05. The van der Waals surface area contributed by atoms with Crippen molar-refractivity contribution in [3.8, 4) is 0 Å². The molecule has 2 aromatic carbocycles. The molecule has 2 aliphatic rings. The number of halogens is 3. The number of hydrogen-bond donors (Lipinski definition) is 1. The van der Waals surface area contributed by atoms with E-state index in [9.17, 15) is 0 Å². The Morgan fingerprint density at radius 2 is 1.72 bits per heavy atom. The average Bonchev–Trinajstić information content (AvgIpc) is 3.07. The van der Waals surface area contributed by atoms with Gasteiger partial charge in [0.15, 0.2) is 0 Å². The van der Waals surface area contributed by atoms with Gasteiger partial charge in [0.25, 0.3) is 0 Å². The molecular formula is C22H28BrCl2N2SiZr. The van der Waals surface area contributed by atoms with Crippen LogP contribution in [0.2, 0.25) is 13.1 Å². The Balaban J connectivity index is 2.12. The number of likely N-dealkylation sites (N-methyl/N-ethyl adjacent to an activating group) is 1. The molecule has 155 valence electrons. The molecule has 1 atom stereocenters. The molecule has 0 amide bonds. The third kappa shape index (κ3) is 3.39. The molecular weight excluding hydrogens is 562 g/mol. The fourth-order valence-corrected chi connectivity index (χ4v) is 30.1. The van der Waals surface area contributed by atoms with Crippen LogP contribution >= 0.6 is 33.0 Å². The number of rotatable bonds is 3. The Bertz CT molecular complexity index is 1050. The van der Waals surface area contributed by atoms with Gasteiger partial charge in [-0.1, -0.05) is 0 Å². The number of benzene rings is 2. The molecule has 1 aliphatic carbocycles. The number of hydrogen-bond acceptors (Lipinski definition) is 2. The van der Waals surface area contributed by atoms with Gasteiger partial charge >= 0.3 is 194 Å². The summed E-state index contributed by atoms with van der Waals surface area (Å²) in [5, 5.41) is 0. The zero-order valence-corrected chi connectivity index (χ0v) is 24.5. The van der Waals surface area contributed by atoms with Crippen molar-refractivity contribution < 1.29 is 15.8 Å². The predicted molar refractivity (Wildman–Crippen MR) is 132 cm³/mol. The minimum atomic E-state index is -4.55. The van der Waals surface area contributed by atoms with E-state index in [0.717, 1.165) is 4.47 Å². The van der Waals surface area contributed by atoms with E-state index in [1.165, 1.54) is 31.2 Å². The van der Waals surface area contributed by atoms with E-state index >= 15 is 0 Å².